The number of nitrogens with zero attached hydrogens (tertiary/aromatic N) is 2. The van der Waals surface area contributed by atoms with Gasteiger partial charge in [-0.3, -0.25) is 9.78 Å². The minimum atomic E-state index is -3.37. The number of nitrogens with one attached hydrogen (secondary N) is 1. The lowest BCUT2D eigenvalue weighted by Crippen LogP contribution is -2.38. The molecule has 1 aliphatic rings. The number of sulfonamides is 1. The van der Waals surface area contributed by atoms with Crippen LogP contribution in [0.4, 0.5) is 0 Å². The maximum atomic E-state index is 12.6. The van der Waals surface area contributed by atoms with Crippen LogP contribution in [-0.2, 0) is 23.0 Å². The zero-order valence-corrected chi connectivity index (χ0v) is 16.0. The van der Waals surface area contributed by atoms with Gasteiger partial charge in [0.05, 0.1) is 12.9 Å². The van der Waals surface area contributed by atoms with Gasteiger partial charge >= 0.3 is 0 Å². The quantitative estimate of drug-likeness (QED) is 0.727. The van der Waals surface area contributed by atoms with Gasteiger partial charge in [-0.1, -0.05) is 12.1 Å². The summed E-state index contributed by atoms with van der Waals surface area (Å²) in [5.74, 6) is 0.489. The molecule has 0 unspecified atom stereocenters. The van der Waals surface area contributed by atoms with Crippen molar-refractivity contribution in [2.45, 2.75) is 19.4 Å². The van der Waals surface area contributed by atoms with E-state index in [0.717, 1.165) is 16.9 Å². The Balaban J connectivity index is 1.51. The number of hydrogen-bond acceptors (Lipinski definition) is 5. The number of fused-ring (bicyclic) bond motifs is 1. The number of benzene rings is 1. The molecule has 1 amide bonds. The molecule has 1 N–H and O–H groups in total. The maximum Gasteiger partial charge on any atom is 0.269 e. The van der Waals surface area contributed by atoms with Gasteiger partial charge in [-0.05, 0) is 48.2 Å². The highest BCUT2D eigenvalue weighted by Crippen LogP contribution is 2.25. The van der Waals surface area contributed by atoms with Gasteiger partial charge in [0.25, 0.3) is 5.91 Å². The highest BCUT2D eigenvalue weighted by molar-refractivity contribution is 7.89. The van der Waals surface area contributed by atoms with Crippen molar-refractivity contribution in [2.24, 2.45) is 0 Å². The Morgan fingerprint density at radius 3 is 2.85 bits per heavy atom. The fourth-order valence-electron chi connectivity index (χ4n) is 3.04. The third kappa shape index (κ3) is 4.84. The van der Waals surface area contributed by atoms with Gasteiger partial charge in [-0.2, -0.15) is 4.31 Å². The molecular formula is C19H23N3O4S. The molecule has 0 bridgehead atoms. The van der Waals surface area contributed by atoms with Crippen LogP contribution in [-0.4, -0.2) is 49.6 Å². The molecule has 3 rings (SSSR count). The molecule has 0 atom stereocenters. The fraction of sp³-hybridized carbons (Fsp3) is 0.368. The van der Waals surface area contributed by atoms with E-state index in [9.17, 15) is 13.2 Å². The zero-order valence-electron chi connectivity index (χ0n) is 15.2. The molecule has 1 aromatic carbocycles. The Kier molecular flexibility index (Phi) is 6.08. The summed E-state index contributed by atoms with van der Waals surface area (Å²) in [7, 11) is -1.75. The van der Waals surface area contributed by atoms with Crippen LogP contribution in [0.1, 0.15) is 28.0 Å². The third-order valence-electron chi connectivity index (χ3n) is 4.55. The van der Waals surface area contributed by atoms with E-state index in [2.05, 4.69) is 10.3 Å². The average Bonchev–Trinajstić information content (AvgIpc) is 2.70. The minimum absolute atomic E-state index is 0.000978. The van der Waals surface area contributed by atoms with Crippen LogP contribution in [0.2, 0.25) is 0 Å². The van der Waals surface area contributed by atoms with Gasteiger partial charge in [-0.25, -0.2) is 8.42 Å². The maximum absolute atomic E-state index is 12.6. The van der Waals surface area contributed by atoms with E-state index in [0.29, 0.717) is 31.6 Å². The van der Waals surface area contributed by atoms with Gasteiger partial charge in [0.15, 0.2) is 0 Å². The van der Waals surface area contributed by atoms with Crippen LogP contribution in [0.3, 0.4) is 0 Å². The van der Waals surface area contributed by atoms with Crippen LogP contribution < -0.4 is 10.1 Å². The Hall–Kier alpha value is -2.45. The minimum Gasteiger partial charge on any atom is -0.497 e. The standard InChI is InChI=1S/C19H23N3O4S/c1-26-17-7-6-16-14-22(11-8-15(16)13-17)27(24,25)12-4-10-21-19(23)18-5-2-3-9-20-18/h2-3,5-7,9,13H,4,8,10-12,14H2,1H3,(H,21,23). The van der Waals surface area contributed by atoms with Gasteiger partial charge in [0.2, 0.25) is 10.0 Å². The molecule has 0 saturated heterocycles. The molecule has 0 aliphatic carbocycles. The first-order valence-electron chi connectivity index (χ1n) is 8.82. The molecule has 1 aliphatic heterocycles. The summed E-state index contributed by atoms with van der Waals surface area (Å²) in [6.45, 7) is 1.13. The SMILES string of the molecule is COc1ccc2c(c1)CCN(S(=O)(=O)CCCNC(=O)c1ccccn1)C2. The molecule has 27 heavy (non-hydrogen) atoms. The largest absolute Gasteiger partial charge is 0.497 e. The lowest BCUT2D eigenvalue weighted by atomic mass is 10.0. The van der Waals surface area contributed by atoms with E-state index in [1.54, 1.807) is 31.5 Å². The molecule has 8 heteroatoms. The lowest BCUT2D eigenvalue weighted by molar-refractivity contribution is 0.0948. The van der Waals surface area contributed by atoms with Crippen molar-refractivity contribution >= 4 is 15.9 Å². The first-order valence-corrected chi connectivity index (χ1v) is 10.4. The van der Waals surface area contributed by atoms with Crippen molar-refractivity contribution in [3.05, 3.63) is 59.4 Å². The molecule has 0 saturated carbocycles. The number of carbonyl (C=O) groups excluding carboxylic acids is 1. The second-order valence-corrected chi connectivity index (χ2v) is 8.45. The smallest absolute Gasteiger partial charge is 0.269 e. The van der Waals surface area contributed by atoms with E-state index in [-0.39, 0.29) is 18.2 Å². The van der Waals surface area contributed by atoms with E-state index in [1.165, 1.54) is 4.31 Å². The highest BCUT2D eigenvalue weighted by atomic mass is 32.2. The second kappa shape index (κ2) is 8.49. The first-order chi connectivity index (χ1) is 13.0. The summed E-state index contributed by atoms with van der Waals surface area (Å²) >= 11 is 0. The molecule has 1 aromatic heterocycles. The normalized spacial score (nSPS) is 14.4. The van der Waals surface area contributed by atoms with Gasteiger partial charge < -0.3 is 10.1 Å². The van der Waals surface area contributed by atoms with Crippen LogP contribution >= 0.6 is 0 Å². The van der Waals surface area contributed by atoms with Crippen molar-refractivity contribution < 1.29 is 17.9 Å². The summed E-state index contributed by atoms with van der Waals surface area (Å²) < 4.78 is 32.0. The number of aromatic nitrogens is 1. The molecule has 0 spiro atoms. The Morgan fingerprint density at radius 2 is 2.11 bits per heavy atom. The first kappa shape index (κ1) is 19.3. The van der Waals surface area contributed by atoms with E-state index >= 15 is 0 Å². The zero-order chi connectivity index (χ0) is 19.3. The molecule has 0 radical (unpaired) electrons. The van der Waals surface area contributed by atoms with Crippen molar-refractivity contribution in [1.29, 1.82) is 0 Å². The number of ether oxygens (including phenoxy) is 1. The summed E-state index contributed by atoms with van der Waals surface area (Å²) in [6.07, 6.45) is 2.57. The summed E-state index contributed by atoms with van der Waals surface area (Å²) in [5.41, 5.74) is 2.46. The Morgan fingerprint density at radius 1 is 1.26 bits per heavy atom. The number of hydrogen-bond donors (Lipinski definition) is 1. The van der Waals surface area contributed by atoms with E-state index in [4.69, 9.17) is 4.74 Å². The van der Waals surface area contributed by atoms with Gasteiger partial charge in [-0.15, -0.1) is 0 Å². The number of rotatable bonds is 7. The summed E-state index contributed by atoms with van der Waals surface area (Å²) in [6, 6.07) is 10.8. The molecule has 144 valence electrons. The number of amides is 1. The topological polar surface area (TPSA) is 88.6 Å². The van der Waals surface area contributed by atoms with Crippen molar-refractivity contribution in [2.75, 3.05) is 26.0 Å². The van der Waals surface area contributed by atoms with Crippen molar-refractivity contribution in [3.63, 3.8) is 0 Å². The molecular weight excluding hydrogens is 366 g/mol. The van der Waals surface area contributed by atoms with Crippen LogP contribution in [0.5, 0.6) is 5.75 Å². The van der Waals surface area contributed by atoms with Crippen molar-refractivity contribution in [3.8, 4) is 5.75 Å². The average molecular weight is 389 g/mol. The molecule has 2 aromatic rings. The Bertz CT molecular complexity index is 900. The predicted molar refractivity (Wildman–Crippen MR) is 102 cm³/mol. The predicted octanol–water partition coefficient (Wildman–Crippen LogP) is 1.60. The molecule has 2 heterocycles. The van der Waals surface area contributed by atoms with Crippen LogP contribution in [0, 0.1) is 0 Å². The monoisotopic (exact) mass is 389 g/mol. The van der Waals surface area contributed by atoms with Crippen molar-refractivity contribution in [1.82, 2.24) is 14.6 Å². The van der Waals surface area contributed by atoms with Crippen LogP contribution in [0.25, 0.3) is 0 Å². The van der Waals surface area contributed by atoms with E-state index < -0.39 is 10.0 Å². The van der Waals surface area contributed by atoms with E-state index in [1.807, 2.05) is 18.2 Å². The van der Waals surface area contributed by atoms with Crippen LogP contribution in [0.15, 0.2) is 42.6 Å². The fourth-order valence-corrected chi connectivity index (χ4v) is 4.51. The number of carbonyl (C=O) groups is 1. The second-order valence-electron chi connectivity index (χ2n) is 6.36. The number of methoxy groups -OCH3 is 1. The summed E-state index contributed by atoms with van der Waals surface area (Å²) in [5, 5.41) is 2.70. The molecule has 0 fully saturated rings. The number of pyridine rings is 1. The van der Waals surface area contributed by atoms with Gasteiger partial charge in [0, 0.05) is 25.8 Å². The summed E-state index contributed by atoms with van der Waals surface area (Å²) in [4.78, 5) is 15.9. The highest BCUT2D eigenvalue weighted by Gasteiger charge is 2.26. The van der Waals surface area contributed by atoms with Gasteiger partial charge in [0.1, 0.15) is 11.4 Å². The lowest BCUT2D eigenvalue weighted by Gasteiger charge is -2.28. The Labute approximate surface area is 159 Å². The third-order valence-corrected chi connectivity index (χ3v) is 6.45. The molecule has 7 nitrogen and oxygen atoms in total.